The molecule has 2 rings (SSSR count). The van der Waals surface area contributed by atoms with Crippen LogP contribution in [0.1, 0.15) is 57.1 Å². The zero-order valence-corrected chi connectivity index (χ0v) is 11.5. The monoisotopic (exact) mass is 246 g/mol. The summed E-state index contributed by atoms with van der Waals surface area (Å²) in [5.74, 6) is 0. The van der Waals surface area contributed by atoms with Gasteiger partial charge in [-0.1, -0.05) is 37.3 Å². The maximum atomic E-state index is 6.20. The smallest absolute Gasteiger partial charge is 0.0295 e. The molecule has 0 bridgehead atoms. The van der Waals surface area contributed by atoms with E-state index in [-0.39, 0.29) is 6.04 Å². The van der Waals surface area contributed by atoms with Gasteiger partial charge in [-0.2, -0.15) is 0 Å². The van der Waals surface area contributed by atoms with Crippen molar-refractivity contribution in [3.63, 3.8) is 0 Å². The zero-order valence-electron chi connectivity index (χ0n) is 11.5. The van der Waals surface area contributed by atoms with Gasteiger partial charge in [-0.15, -0.1) is 0 Å². The topological polar surface area (TPSA) is 38.0 Å². The molecule has 18 heavy (non-hydrogen) atoms. The van der Waals surface area contributed by atoms with Crippen LogP contribution in [0.3, 0.4) is 0 Å². The Morgan fingerprint density at radius 3 is 2.56 bits per heavy atom. The van der Waals surface area contributed by atoms with Gasteiger partial charge >= 0.3 is 0 Å². The van der Waals surface area contributed by atoms with Crippen LogP contribution in [0.5, 0.6) is 0 Å². The predicted octanol–water partition coefficient (Wildman–Crippen LogP) is 3.39. The van der Waals surface area contributed by atoms with E-state index < -0.39 is 0 Å². The summed E-state index contributed by atoms with van der Waals surface area (Å²) < 4.78 is 0. The minimum Gasteiger partial charge on any atom is -0.324 e. The molecule has 0 amide bonds. The molecule has 0 spiro atoms. The molecule has 0 aromatic heterocycles. The minimum absolute atomic E-state index is 0.187. The van der Waals surface area contributed by atoms with Crippen LogP contribution in [-0.4, -0.2) is 12.1 Å². The van der Waals surface area contributed by atoms with E-state index >= 15 is 0 Å². The Labute approximate surface area is 111 Å². The van der Waals surface area contributed by atoms with Gasteiger partial charge < -0.3 is 11.1 Å². The fraction of sp³-hybridized carbons (Fsp3) is 0.625. The summed E-state index contributed by atoms with van der Waals surface area (Å²) in [6.45, 7) is 3.40. The highest BCUT2D eigenvalue weighted by Gasteiger charge is 2.33. The average molecular weight is 246 g/mol. The molecule has 2 heteroatoms. The van der Waals surface area contributed by atoms with Gasteiger partial charge in [0, 0.05) is 11.6 Å². The summed E-state index contributed by atoms with van der Waals surface area (Å²) >= 11 is 0. The number of nitrogens with two attached hydrogens (primary N) is 1. The van der Waals surface area contributed by atoms with Crippen LogP contribution in [0.15, 0.2) is 30.3 Å². The molecule has 1 aromatic carbocycles. The third-order valence-corrected chi connectivity index (χ3v) is 4.41. The molecule has 3 N–H and O–H groups in total. The Morgan fingerprint density at radius 1 is 1.28 bits per heavy atom. The number of hydrogen-bond acceptors (Lipinski definition) is 2. The van der Waals surface area contributed by atoms with Crippen LogP contribution >= 0.6 is 0 Å². The van der Waals surface area contributed by atoms with E-state index in [9.17, 15) is 0 Å². The molecular weight excluding hydrogens is 220 g/mol. The first-order chi connectivity index (χ1) is 8.76. The lowest BCUT2D eigenvalue weighted by Gasteiger charge is -2.42. The minimum atomic E-state index is 0.187. The molecule has 1 fully saturated rings. The summed E-state index contributed by atoms with van der Waals surface area (Å²) in [5, 5.41) is 3.73. The van der Waals surface area contributed by atoms with Crippen molar-refractivity contribution in [1.82, 2.24) is 5.32 Å². The molecular formula is C16H26N2. The number of nitrogens with one attached hydrogen (secondary N) is 1. The van der Waals surface area contributed by atoms with Crippen molar-refractivity contribution >= 4 is 0 Å². The first-order valence-corrected chi connectivity index (χ1v) is 7.31. The normalized spacial score (nSPS) is 19.2. The quantitative estimate of drug-likeness (QED) is 0.724. The molecule has 1 aliphatic carbocycles. The SMILES string of the molecule is CCC1(NCCCC(N)c2ccccc2)CCC1. The maximum absolute atomic E-state index is 6.20. The van der Waals surface area contributed by atoms with Gasteiger partial charge in [0.25, 0.3) is 0 Å². The number of benzene rings is 1. The predicted molar refractivity (Wildman–Crippen MR) is 77.5 cm³/mol. The molecule has 1 aliphatic rings. The Kier molecular flexibility index (Phi) is 4.79. The average Bonchev–Trinajstić information content (AvgIpc) is 2.38. The van der Waals surface area contributed by atoms with Gasteiger partial charge in [-0.25, -0.2) is 0 Å². The first-order valence-electron chi connectivity index (χ1n) is 7.31. The van der Waals surface area contributed by atoms with Crippen LogP contribution in [0.4, 0.5) is 0 Å². The summed E-state index contributed by atoms with van der Waals surface area (Å²) in [6, 6.07) is 10.6. The van der Waals surface area contributed by atoms with Crippen molar-refractivity contribution in [2.75, 3.05) is 6.54 Å². The molecule has 1 unspecified atom stereocenters. The van der Waals surface area contributed by atoms with Crippen LogP contribution in [-0.2, 0) is 0 Å². The molecule has 1 saturated carbocycles. The lowest BCUT2D eigenvalue weighted by atomic mass is 9.75. The van der Waals surface area contributed by atoms with E-state index in [0.29, 0.717) is 5.54 Å². The van der Waals surface area contributed by atoms with Crippen molar-refractivity contribution in [3.8, 4) is 0 Å². The Balaban J connectivity index is 1.66. The molecule has 2 nitrogen and oxygen atoms in total. The molecule has 0 radical (unpaired) electrons. The third-order valence-electron chi connectivity index (χ3n) is 4.41. The maximum Gasteiger partial charge on any atom is 0.0295 e. The molecule has 0 heterocycles. The van der Waals surface area contributed by atoms with Crippen molar-refractivity contribution < 1.29 is 0 Å². The number of rotatable bonds is 7. The zero-order chi connectivity index (χ0) is 12.8. The van der Waals surface area contributed by atoms with E-state index in [1.54, 1.807) is 0 Å². The van der Waals surface area contributed by atoms with Crippen molar-refractivity contribution in [2.24, 2.45) is 5.73 Å². The Hall–Kier alpha value is -0.860. The highest BCUT2D eigenvalue weighted by Crippen LogP contribution is 2.34. The van der Waals surface area contributed by atoms with Gasteiger partial charge in [0.2, 0.25) is 0 Å². The summed E-state index contributed by atoms with van der Waals surface area (Å²) in [5.41, 5.74) is 7.92. The molecule has 1 atom stereocenters. The second kappa shape index (κ2) is 6.35. The molecule has 100 valence electrons. The van der Waals surface area contributed by atoms with Crippen LogP contribution in [0.25, 0.3) is 0 Å². The standard InChI is InChI=1S/C16H26N2/c1-2-16(11-7-12-16)18-13-6-10-15(17)14-8-4-3-5-9-14/h3-5,8-9,15,18H,2,6-7,10-13,17H2,1H3. The van der Waals surface area contributed by atoms with E-state index in [2.05, 4.69) is 36.5 Å². The van der Waals surface area contributed by atoms with Gasteiger partial charge in [0.1, 0.15) is 0 Å². The highest BCUT2D eigenvalue weighted by atomic mass is 15.0. The van der Waals surface area contributed by atoms with Crippen molar-refractivity contribution in [1.29, 1.82) is 0 Å². The second-order valence-corrected chi connectivity index (χ2v) is 5.57. The van der Waals surface area contributed by atoms with E-state index in [4.69, 9.17) is 5.73 Å². The summed E-state index contributed by atoms with van der Waals surface area (Å²) in [6.07, 6.45) is 7.60. The molecule has 1 aromatic rings. The lowest BCUT2D eigenvalue weighted by Crippen LogP contribution is -2.50. The van der Waals surface area contributed by atoms with Gasteiger partial charge in [-0.3, -0.25) is 0 Å². The fourth-order valence-corrected chi connectivity index (χ4v) is 2.80. The first kappa shape index (κ1) is 13.6. The Bertz CT molecular complexity index is 338. The summed E-state index contributed by atoms with van der Waals surface area (Å²) in [4.78, 5) is 0. The van der Waals surface area contributed by atoms with Gasteiger partial charge in [-0.05, 0) is 50.6 Å². The van der Waals surface area contributed by atoms with Crippen molar-refractivity contribution in [2.45, 2.75) is 57.0 Å². The highest BCUT2D eigenvalue weighted by molar-refractivity contribution is 5.18. The van der Waals surface area contributed by atoms with E-state index in [1.807, 2.05) is 6.07 Å². The van der Waals surface area contributed by atoms with Gasteiger partial charge in [0.05, 0.1) is 0 Å². The van der Waals surface area contributed by atoms with Crippen molar-refractivity contribution in [3.05, 3.63) is 35.9 Å². The fourth-order valence-electron chi connectivity index (χ4n) is 2.80. The van der Waals surface area contributed by atoms with Crippen LogP contribution in [0.2, 0.25) is 0 Å². The van der Waals surface area contributed by atoms with Gasteiger partial charge in [0.15, 0.2) is 0 Å². The largest absolute Gasteiger partial charge is 0.324 e. The lowest BCUT2D eigenvalue weighted by molar-refractivity contribution is 0.177. The number of hydrogen-bond donors (Lipinski definition) is 2. The third kappa shape index (κ3) is 3.33. The molecule has 0 saturated heterocycles. The molecule has 0 aliphatic heterocycles. The van der Waals surface area contributed by atoms with E-state index in [1.165, 1.54) is 31.2 Å². The summed E-state index contributed by atoms with van der Waals surface area (Å²) in [7, 11) is 0. The second-order valence-electron chi connectivity index (χ2n) is 5.57. The van der Waals surface area contributed by atoms with Crippen LogP contribution in [0, 0.1) is 0 Å². The van der Waals surface area contributed by atoms with Crippen LogP contribution < -0.4 is 11.1 Å². The van der Waals surface area contributed by atoms with E-state index in [0.717, 1.165) is 19.4 Å². The Morgan fingerprint density at radius 2 is 2.00 bits per heavy atom.